The van der Waals surface area contributed by atoms with E-state index >= 15 is 0 Å². The van der Waals surface area contributed by atoms with Crippen molar-refractivity contribution in [3.05, 3.63) is 54.0 Å². The van der Waals surface area contributed by atoms with Crippen molar-refractivity contribution < 1.29 is 13.8 Å². The van der Waals surface area contributed by atoms with Crippen LogP contribution in [0.2, 0.25) is 0 Å². The number of nitrogens with one attached hydrogen (secondary N) is 2. The summed E-state index contributed by atoms with van der Waals surface area (Å²) >= 11 is 0. The maximum atomic E-state index is 13.0. The highest BCUT2D eigenvalue weighted by atomic mass is 32.2. The number of carbonyl (C=O) groups excluding carboxylic acids is 2. The van der Waals surface area contributed by atoms with Gasteiger partial charge in [0.2, 0.25) is 17.8 Å². The number of piperidine rings is 3. The number of likely N-dealkylation sites (tertiary alicyclic amines) is 1. The largest absolute Gasteiger partial charge is 0.351 e. The van der Waals surface area contributed by atoms with Gasteiger partial charge in [0.1, 0.15) is 0 Å². The Kier molecular flexibility index (Phi) is 9.48. The van der Waals surface area contributed by atoms with Crippen molar-refractivity contribution >= 4 is 45.7 Å². The molecule has 2 N–H and O–H groups in total. The van der Waals surface area contributed by atoms with E-state index < -0.39 is 11.0 Å². The van der Waals surface area contributed by atoms with E-state index in [1.165, 1.54) is 5.56 Å². The summed E-state index contributed by atoms with van der Waals surface area (Å²) in [7, 11) is 0.976. The molecule has 12 heteroatoms. The lowest BCUT2D eigenvalue weighted by molar-refractivity contribution is -0.134. The number of carbonyl (C=O) groups is 2. The fourth-order valence-corrected chi connectivity index (χ4v) is 7.96. The molecule has 2 amide bonds. The van der Waals surface area contributed by atoms with Crippen LogP contribution in [0.25, 0.3) is 17.0 Å². The fourth-order valence-electron chi connectivity index (χ4n) is 6.70. The van der Waals surface area contributed by atoms with Crippen LogP contribution in [0.15, 0.2) is 37.2 Å². The predicted molar refractivity (Wildman–Crippen MR) is 172 cm³/mol. The zero-order chi connectivity index (χ0) is 30.6. The van der Waals surface area contributed by atoms with Gasteiger partial charge in [-0.2, -0.15) is 5.10 Å². The second-order valence-electron chi connectivity index (χ2n) is 12.2. The van der Waals surface area contributed by atoms with Crippen molar-refractivity contribution in [1.29, 1.82) is 0 Å². The summed E-state index contributed by atoms with van der Waals surface area (Å²) in [5.41, 5.74) is 4.00. The van der Waals surface area contributed by atoms with Gasteiger partial charge in [-0.25, -0.2) is 18.5 Å². The van der Waals surface area contributed by atoms with Gasteiger partial charge in [-0.3, -0.25) is 19.6 Å². The molecule has 5 heterocycles. The first-order chi connectivity index (χ1) is 21.4. The molecule has 3 aromatic rings. The molecule has 2 unspecified atom stereocenters. The van der Waals surface area contributed by atoms with Crippen molar-refractivity contribution in [2.24, 2.45) is 7.05 Å². The predicted octanol–water partition coefficient (Wildman–Crippen LogP) is 3.34. The molecule has 6 rings (SSSR count). The first-order valence-electron chi connectivity index (χ1n) is 15.7. The van der Waals surface area contributed by atoms with Gasteiger partial charge in [0.05, 0.1) is 28.1 Å². The summed E-state index contributed by atoms with van der Waals surface area (Å²) < 4.78 is 17.0. The van der Waals surface area contributed by atoms with Crippen molar-refractivity contribution in [2.45, 2.75) is 62.8 Å². The first-order valence-corrected chi connectivity index (χ1v) is 17.0. The van der Waals surface area contributed by atoms with Gasteiger partial charge in [-0.1, -0.05) is 24.8 Å². The number of nitrogens with zero attached hydrogens (tertiary/aromatic N) is 6. The van der Waals surface area contributed by atoms with Gasteiger partial charge in [-0.05, 0) is 75.7 Å². The molecular formula is C32H42N8O3S. The summed E-state index contributed by atoms with van der Waals surface area (Å²) in [5, 5.41) is 11.5. The summed E-state index contributed by atoms with van der Waals surface area (Å²) in [6.45, 7) is 8.42. The topological polar surface area (TPSA) is 125 Å². The Morgan fingerprint density at radius 3 is 2.52 bits per heavy atom. The molecule has 3 aliphatic rings. The van der Waals surface area contributed by atoms with E-state index in [0.29, 0.717) is 36.5 Å². The fraction of sp³-hybridized carbons (Fsp3) is 0.531. The Morgan fingerprint density at radius 1 is 1.07 bits per heavy atom. The van der Waals surface area contributed by atoms with E-state index in [1.54, 1.807) is 18.5 Å². The van der Waals surface area contributed by atoms with Gasteiger partial charge in [0.25, 0.3) is 0 Å². The Labute approximate surface area is 261 Å². The number of aryl methyl sites for hydroxylation is 1. The zero-order valence-electron chi connectivity index (χ0n) is 25.4. The molecule has 2 atom stereocenters. The third-order valence-corrected chi connectivity index (χ3v) is 10.9. The molecule has 0 bridgehead atoms. The quantitative estimate of drug-likeness (QED) is 0.332. The van der Waals surface area contributed by atoms with Crippen LogP contribution in [-0.4, -0.2) is 89.5 Å². The standard InChI is InChI=1S/C32H42N8O3S/c1-3-22-20-33-32(34-21-22)35-25-11-16-40(17-12-25)44(43)18-4-13-39-14-9-23(10-15-39)24-5-6-26-28(19-24)38(2)37-30(26)27-7-8-29(41)36-31(27)42/h3,5-6,19-21,23,25,27H,1,4,7-18H2,2H3,(H,33,34,35)(H,36,41,42). The van der Waals surface area contributed by atoms with E-state index in [0.717, 1.165) is 87.0 Å². The summed E-state index contributed by atoms with van der Waals surface area (Å²) in [6, 6.07) is 6.81. The number of hydrogen-bond donors (Lipinski definition) is 2. The van der Waals surface area contributed by atoms with Crippen LogP contribution >= 0.6 is 0 Å². The average Bonchev–Trinajstić information content (AvgIpc) is 3.37. The summed E-state index contributed by atoms with van der Waals surface area (Å²) in [5.74, 6) is 0.983. The number of imide groups is 1. The zero-order valence-corrected chi connectivity index (χ0v) is 26.2. The van der Waals surface area contributed by atoms with Crippen LogP contribution in [-0.2, 0) is 27.6 Å². The van der Waals surface area contributed by atoms with Crippen molar-refractivity contribution in [2.75, 3.05) is 43.8 Å². The van der Waals surface area contributed by atoms with Crippen LogP contribution < -0.4 is 10.6 Å². The second kappa shape index (κ2) is 13.7. The lowest BCUT2D eigenvalue weighted by atomic mass is 9.88. The van der Waals surface area contributed by atoms with Crippen LogP contribution in [0.4, 0.5) is 5.95 Å². The monoisotopic (exact) mass is 618 g/mol. The molecular weight excluding hydrogens is 576 g/mol. The molecule has 0 spiro atoms. The van der Waals surface area contributed by atoms with Crippen LogP contribution in [0.1, 0.15) is 73.6 Å². The third kappa shape index (κ3) is 6.92. The second-order valence-corrected chi connectivity index (χ2v) is 13.7. The average molecular weight is 619 g/mol. The number of fused-ring (bicyclic) bond motifs is 1. The Balaban J connectivity index is 0.931. The number of benzene rings is 1. The number of rotatable bonds is 10. The Hall–Kier alpha value is -3.48. The summed E-state index contributed by atoms with van der Waals surface area (Å²) in [4.78, 5) is 35.3. The van der Waals surface area contributed by atoms with Crippen LogP contribution in [0, 0.1) is 0 Å². The highest BCUT2D eigenvalue weighted by Crippen LogP contribution is 2.34. The molecule has 234 valence electrons. The minimum absolute atomic E-state index is 0.208. The molecule has 1 aromatic carbocycles. The first kappa shape index (κ1) is 30.5. The highest BCUT2D eigenvalue weighted by molar-refractivity contribution is 7.82. The van der Waals surface area contributed by atoms with Crippen LogP contribution in [0.3, 0.4) is 0 Å². The lowest BCUT2D eigenvalue weighted by Gasteiger charge is -2.33. The van der Waals surface area contributed by atoms with Crippen molar-refractivity contribution in [3.63, 3.8) is 0 Å². The molecule has 0 aliphatic carbocycles. The number of aromatic nitrogens is 4. The molecule has 11 nitrogen and oxygen atoms in total. The van der Waals surface area contributed by atoms with Crippen molar-refractivity contribution in [1.82, 2.24) is 34.3 Å². The molecule has 3 aliphatic heterocycles. The van der Waals surface area contributed by atoms with Gasteiger partial charge < -0.3 is 10.2 Å². The van der Waals surface area contributed by atoms with Gasteiger partial charge in [0, 0.05) is 61.7 Å². The molecule has 0 radical (unpaired) electrons. The van der Waals surface area contributed by atoms with Crippen LogP contribution in [0.5, 0.6) is 0 Å². The van der Waals surface area contributed by atoms with E-state index in [-0.39, 0.29) is 17.7 Å². The van der Waals surface area contributed by atoms with E-state index in [1.807, 2.05) is 11.7 Å². The Morgan fingerprint density at radius 2 is 1.82 bits per heavy atom. The van der Waals surface area contributed by atoms with Gasteiger partial charge >= 0.3 is 0 Å². The number of hydrogen-bond acceptors (Lipinski definition) is 8. The highest BCUT2D eigenvalue weighted by Gasteiger charge is 2.32. The maximum absolute atomic E-state index is 13.0. The molecule has 3 saturated heterocycles. The molecule has 3 fully saturated rings. The minimum Gasteiger partial charge on any atom is -0.351 e. The number of amides is 2. The minimum atomic E-state index is -0.947. The van der Waals surface area contributed by atoms with Crippen molar-refractivity contribution in [3.8, 4) is 0 Å². The lowest BCUT2D eigenvalue weighted by Crippen LogP contribution is -2.41. The van der Waals surface area contributed by atoms with E-state index in [2.05, 4.69) is 54.6 Å². The summed E-state index contributed by atoms with van der Waals surface area (Å²) in [6.07, 6.45) is 11.1. The molecule has 0 saturated carbocycles. The van der Waals surface area contributed by atoms with Gasteiger partial charge in [0.15, 0.2) is 0 Å². The third-order valence-electron chi connectivity index (χ3n) is 9.31. The van der Waals surface area contributed by atoms with Gasteiger partial charge in [-0.15, -0.1) is 0 Å². The Bertz CT molecular complexity index is 1520. The van der Waals surface area contributed by atoms with E-state index in [9.17, 15) is 13.8 Å². The van der Waals surface area contributed by atoms with E-state index in [4.69, 9.17) is 5.10 Å². The smallest absolute Gasteiger partial charge is 0.235 e. The maximum Gasteiger partial charge on any atom is 0.235 e. The number of anilines is 1. The normalized spacial score (nSPS) is 21.8. The molecule has 2 aromatic heterocycles. The SMILES string of the molecule is C=Cc1cnc(NC2CCN(S(=O)CCCN3CCC(c4ccc5c(C6CCC(=O)NC6=O)nn(C)c5c4)CC3)CC2)nc1. The molecule has 44 heavy (non-hydrogen) atoms.